The number of hydrogen-bond acceptors (Lipinski definition) is 4. The Morgan fingerprint density at radius 1 is 0.900 bits per heavy atom. The lowest BCUT2D eigenvalue weighted by Gasteiger charge is -2.39. The van der Waals surface area contributed by atoms with E-state index in [4.69, 9.17) is 4.74 Å². The molecule has 3 unspecified atom stereocenters. The van der Waals surface area contributed by atoms with E-state index in [1.807, 2.05) is 101 Å². The third-order valence-electron chi connectivity index (χ3n) is 6.99. The van der Waals surface area contributed by atoms with E-state index in [-0.39, 0.29) is 23.8 Å². The second-order valence-corrected chi connectivity index (χ2v) is 11.7. The van der Waals surface area contributed by atoms with Crippen LogP contribution in [-0.4, -0.2) is 40.5 Å². The highest BCUT2D eigenvalue weighted by Crippen LogP contribution is 2.30. The number of benzene rings is 3. The van der Waals surface area contributed by atoms with Crippen molar-refractivity contribution in [2.45, 2.75) is 85.5 Å². The van der Waals surface area contributed by atoms with Gasteiger partial charge in [-0.25, -0.2) is 4.79 Å². The molecule has 3 rings (SSSR count). The molecule has 40 heavy (non-hydrogen) atoms. The number of nitrogens with zero attached hydrogens (tertiary/aromatic N) is 1. The van der Waals surface area contributed by atoms with Crippen molar-refractivity contribution in [3.05, 3.63) is 77.9 Å². The lowest BCUT2D eigenvalue weighted by atomic mass is 9.93. The Bertz CT molecular complexity index is 1340. The number of rotatable bonds is 9. The maximum atomic E-state index is 14.3. The fourth-order valence-electron chi connectivity index (χ4n) is 4.75. The Hall–Kier alpha value is -3.87. The molecule has 0 aromatic heterocycles. The van der Waals surface area contributed by atoms with Gasteiger partial charge in [-0.1, -0.05) is 74.9 Å². The van der Waals surface area contributed by atoms with Crippen LogP contribution in [0.2, 0.25) is 0 Å². The number of carbonyl (C=O) groups excluding carboxylic acids is 3. The van der Waals surface area contributed by atoms with E-state index in [9.17, 15) is 14.4 Å². The maximum absolute atomic E-state index is 14.3. The van der Waals surface area contributed by atoms with Gasteiger partial charge in [-0.05, 0) is 81.5 Å². The number of nitrogens with one attached hydrogen (secondary N) is 2. The number of aryl methyl sites for hydroxylation is 1. The van der Waals surface area contributed by atoms with Crippen molar-refractivity contribution >= 4 is 34.4 Å². The molecule has 0 saturated carbocycles. The molecular weight excluding hydrogens is 502 g/mol. The first-order valence-electron chi connectivity index (χ1n) is 14.0. The largest absolute Gasteiger partial charge is 0.444 e. The van der Waals surface area contributed by atoms with Gasteiger partial charge in [0, 0.05) is 11.7 Å². The predicted octanol–water partition coefficient (Wildman–Crippen LogP) is 7.00. The number of fused-ring (bicyclic) bond motifs is 1. The summed E-state index contributed by atoms with van der Waals surface area (Å²) >= 11 is 0. The molecule has 3 amide bonds. The average Bonchev–Trinajstić information content (AvgIpc) is 2.88. The molecule has 0 radical (unpaired) electrons. The van der Waals surface area contributed by atoms with Gasteiger partial charge in [0.15, 0.2) is 0 Å². The lowest BCUT2D eigenvalue weighted by molar-refractivity contribution is -0.144. The van der Waals surface area contributed by atoms with Crippen LogP contribution in [0.1, 0.15) is 72.1 Å². The third-order valence-corrected chi connectivity index (χ3v) is 6.99. The number of hydrogen-bond donors (Lipinski definition) is 2. The zero-order valence-corrected chi connectivity index (χ0v) is 24.9. The Balaban J connectivity index is 2.04. The first kappa shape index (κ1) is 30.7. The Kier molecular flexibility index (Phi) is 9.96. The minimum atomic E-state index is -0.924. The van der Waals surface area contributed by atoms with Gasteiger partial charge >= 0.3 is 6.09 Å². The van der Waals surface area contributed by atoms with Gasteiger partial charge in [-0.15, -0.1) is 0 Å². The van der Waals surface area contributed by atoms with Crippen molar-refractivity contribution in [3.63, 3.8) is 0 Å². The van der Waals surface area contributed by atoms with Crippen LogP contribution in [0.4, 0.5) is 10.5 Å². The Morgan fingerprint density at radius 3 is 2.12 bits per heavy atom. The standard InChI is InChI=1S/C33H43N3O4/c1-9-22(4)28(35-32(39)40-33(6,7)8)31(38)36(21(2)3)29(27-17-13-10-14-23(27)5)30(37)34-26-19-18-24-15-11-12-16-25(24)20-26/h10-22,28-29H,9H2,1-8H3,(H,34,37)(H,35,39). The summed E-state index contributed by atoms with van der Waals surface area (Å²) in [5.74, 6) is -0.855. The van der Waals surface area contributed by atoms with Crippen molar-refractivity contribution in [1.82, 2.24) is 10.2 Å². The van der Waals surface area contributed by atoms with E-state index >= 15 is 0 Å². The Labute approximate surface area is 238 Å². The summed E-state index contributed by atoms with van der Waals surface area (Å²) in [4.78, 5) is 42.8. The molecular formula is C33H43N3O4. The third kappa shape index (κ3) is 7.62. The van der Waals surface area contributed by atoms with Crippen molar-refractivity contribution in [1.29, 1.82) is 0 Å². The van der Waals surface area contributed by atoms with E-state index in [2.05, 4.69) is 10.6 Å². The smallest absolute Gasteiger partial charge is 0.408 e. The highest BCUT2D eigenvalue weighted by atomic mass is 16.6. The average molecular weight is 546 g/mol. The number of alkyl carbamates (subject to hydrolysis) is 1. The molecule has 0 bridgehead atoms. The minimum absolute atomic E-state index is 0.192. The number of amides is 3. The minimum Gasteiger partial charge on any atom is -0.444 e. The first-order valence-corrected chi connectivity index (χ1v) is 14.0. The molecule has 0 fully saturated rings. The molecule has 0 heterocycles. The van der Waals surface area contributed by atoms with Crippen LogP contribution in [0.25, 0.3) is 10.8 Å². The van der Waals surface area contributed by atoms with Crippen LogP contribution in [0.5, 0.6) is 0 Å². The quantitative estimate of drug-likeness (QED) is 0.303. The molecule has 0 aliphatic heterocycles. The van der Waals surface area contributed by atoms with Gasteiger partial charge in [0.05, 0.1) is 0 Å². The summed E-state index contributed by atoms with van der Waals surface area (Å²) in [5, 5.41) is 7.94. The Morgan fingerprint density at radius 2 is 1.52 bits per heavy atom. The maximum Gasteiger partial charge on any atom is 0.408 e. The molecule has 3 atom stereocenters. The molecule has 2 N–H and O–H groups in total. The van der Waals surface area contributed by atoms with Crippen molar-refractivity contribution in [2.75, 3.05) is 5.32 Å². The zero-order chi connectivity index (χ0) is 29.6. The molecule has 0 aliphatic rings. The van der Waals surface area contributed by atoms with Crippen LogP contribution in [0.15, 0.2) is 66.7 Å². The molecule has 7 heteroatoms. The predicted molar refractivity (Wildman–Crippen MR) is 161 cm³/mol. The van der Waals surface area contributed by atoms with E-state index in [1.54, 1.807) is 25.7 Å². The van der Waals surface area contributed by atoms with Crippen LogP contribution in [0, 0.1) is 12.8 Å². The van der Waals surface area contributed by atoms with E-state index < -0.39 is 23.8 Å². The molecule has 3 aromatic rings. The fraction of sp³-hybridized carbons (Fsp3) is 0.424. The molecule has 0 aliphatic carbocycles. The number of ether oxygens (including phenoxy) is 1. The SMILES string of the molecule is CCC(C)C(NC(=O)OC(C)(C)C)C(=O)N(C(C)C)C(C(=O)Nc1ccc2ccccc2c1)c1ccccc1C. The highest BCUT2D eigenvalue weighted by molar-refractivity contribution is 6.00. The van der Waals surface area contributed by atoms with Crippen LogP contribution in [0.3, 0.4) is 0 Å². The summed E-state index contributed by atoms with van der Waals surface area (Å²) in [7, 11) is 0. The fourth-order valence-corrected chi connectivity index (χ4v) is 4.75. The van der Waals surface area contributed by atoms with E-state index in [0.29, 0.717) is 12.1 Å². The lowest BCUT2D eigenvalue weighted by Crippen LogP contribution is -2.56. The zero-order valence-electron chi connectivity index (χ0n) is 24.9. The van der Waals surface area contributed by atoms with Crippen molar-refractivity contribution in [3.8, 4) is 0 Å². The number of carbonyl (C=O) groups is 3. The van der Waals surface area contributed by atoms with Gasteiger partial charge in [0.25, 0.3) is 5.91 Å². The molecule has 0 spiro atoms. The van der Waals surface area contributed by atoms with Crippen molar-refractivity contribution in [2.24, 2.45) is 5.92 Å². The van der Waals surface area contributed by atoms with Gasteiger partial charge in [-0.3, -0.25) is 9.59 Å². The highest BCUT2D eigenvalue weighted by Gasteiger charge is 2.40. The van der Waals surface area contributed by atoms with Crippen molar-refractivity contribution < 1.29 is 19.1 Å². The topological polar surface area (TPSA) is 87.7 Å². The van der Waals surface area contributed by atoms with Gasteiger partial charge in [-0.2, -0.15) is 0 Å². The molecule has 3 aromatic carbocycles. The summed E-state index contributed by atoms with van der Waals surface area (Å²) in [6.07, 6.45) is -0.0147. The van der Waals surface area contributed by atoms with Gasteiger partial charge < -0.3 is 20.3 Å². The summed E-state index contributed by atoms with van der Waals surface area (Å²) < 4.78 is 5.48. The normalized spacial score (nSPS) is 13.8. The second kappa shape index (κ2) is 13.0. The first-order chi connectivity index (χ1) is 18.8. The van der Waals surface area contributed by atoms with Crippen LogP contribution < -0.4 is 10.6 Å². The molecule has 0 saturated heterocycles. The summed E-state index contributed by atoms with van der Waals surface area (Å²) in [6, 6.07) is 19.1. The van der Waals surface area contributed by atoms with E-state index in [0.717, 1.165) is 21.9 Å². The van der Waals surface area contributed by atoms with Gasteiger partial charge in [0.2, 0.25) is 5.91 Å². The van der Waals surface area contributed by atoms with Gasteiger partial charge in [0.1, 0.15) is 17.7 Å². The second-order valence-electron chi connectivity index (χ2n) is 11.7. The summed E-state index contributed by atoms with van der Waals surface area (Å²) in [5.41, 5.74) is 1.54. The molecule has 7 nitrogen and oxygen atoms in total. The summed E-state index contributed by atoms with van der Waals surface area (Å²) in [6.45, 7) is 14.9. The van der Waals surface area contributed by atoms with Crippen LogP contribution >= 0.6 is 0 Å². The van der Waals surface area contributed by atoms with E-state index in [1.165, 1.54) is 0 Å². The van der Waals surface area contributed by atoms with Crippen LogP contribution in [-0.2, 0) is 14.3 Å². The number of anilines is 1. The molecule has 214 valence electrons. The monoisotopic (exact) mass is 545 g/mol.